The summed E-state index contributed by atoms with van der Waals surface area (Å²) in [4.78, 5) is 25.7. The third-order valence-corrected chi connectivity index (χ3v) is 5.51. The SMILES string of the molecule is CCOC(=O)N1CCC(NC(=O)NCC2(c3ccccc3C)CC2)CC1. The van der Waals surface area contributed by atoms with Crippen molar-refractivity contribution in [2.75, 3.05) is 26.2 Å². The topological polar surface area (TPSA) is 70.7 Å². The van der Waals surface area contributed by atoms with Gasteiger partial charge in [-0.1, -0.05) is 24.3 Å². The van der Waals surface area contributed by atoms with E-state index in [0.717, 1.165) is 25.7 Å². The number of carbonyl (C=O) groups excluding carboxylic acids is 2. The van der Waals surface area contributed by atoms with Crippen molar-refractivity contribution >= 4 is 12.1 Å². The molecule has 26 heavy (non-hydrogen) atoms. The van der Waals surface area contributed by atoms with Crippen molar-refractivity contribution < 1.29 is 14.3 Å². The number of rotatable bonds is 5. The predicted molar refractivity (Wildman–Crippen MR) is 100 cm³/mol. The van der Waals surface area contributed by atoms with Gasteiger partial charge in [0.05, 0.1) is 6.61 Å². The molecule has 1 saturated carbocycles. The van der Waals surface area contributed by atoms with E-state index in [1.807, 2.05) is 0 Å². The van der Waals surface area contributed by atoms with Crippen LogP contribution in [0.2, 0.25) is 0 Å². The lowest BCUT2D eigenvalue weighted by Gasteiger charge is -2.31. The largest absolute Gasteiger partial charge is 0.450 e. The minimum Gasteiger partial charge on any atom is -0.450 e. The number of carbonyl (C=O) groups is 2. The summed E-state index contributed by atoms with van der Waals surface area (Å²) in [5, 5.41) is 6.11. The van der Waals surface area contributed by atoms with Gasteiger partial charge in [0.15, 0.2) is 0 Å². The molecule has 0 bridgehead atoms. The zero-order chi connectivity index (χ0) is 18.6. The van der Waals surface area contributed by atoms with Crippen LogP contribution in [0.15, 0.2) is 24.3 Å². The number of hydrogen-bond donors (Lipinski definition) is 2. The van der Waals surface area contributed by atoms with Crippen LogP contribution in [0.5, 0.6) is 0 Å². The highest BCUT2D eigenvalue weighted by Gasteiger charge is 2.45. The molecule has 3 rings (SSSR count). The van der Waals surface area contributed by atoms with Crippen molar-refractivity contribution in [3.63, 3.8) is 0 Å². The van der Waals surface area contributed by atoms with E-state index >= 15 is 0 Å². The summed E-state index contributed by atoms with van der Waals surface area (Å²) < 4.78 is 5.02. The van der Waals surface area contributed by atoms with Crippen molar-refractivity contribution in [3.8, 4) is 0 Å². The highest BCUT2D eigenvalue weighted by Crippen LogP contribution is 2.48. The smallest absolute Gasteiger partial charge is 0.409 e. The molecule has 1 heterocycles. The molecular formula is C20H29N3O3. The van der Waals surface area contributed by atoms with Crippen LogP contribution >= 0.6 is 0 Å². The molecule has 2 fully saturated rings. The fourth-order valence-electron chi connectivity index (χ4n) is 3.77. The first kappa shape index (κ1) is 18.5. The Morgan fingerprint density at radius 1 is 1.23 bits per heavy atom. The Bertz CT molecular complexity index is 649. The zero-order valence-electron chi connectivity index (χ0n) is 15.7. The predicted octanol–water partition coefficient (Wildman–Crippen LogP) is 2.95. The first-order chi connectivity index (χ1) is 12.5. The summed E-state index contributed by atoms with van der Waals surface area (Å²) in [5.41, 5.74) is 2.75. The fourth-order valence-corrected chi connectivity index (χ4v) is 3.77. The van der Waals surface area contributed by atoms with Crippen LogP contribution in [-0.4, -0.2) is 49.3 Å². The second-order valence-corrected chi connectivity index (χ2v) is 7.38. The number of aryl methyl sites for hydroxylation is 1. The number of urea groups is 1. The van der Waals surface area contributed by atoms with Crippen LogP contribution in [0, 0.1) is 6.92 Å². The average Bonchev–Trinajstić information content (AvgIpc) is 3.42. The Balaban J connectivity index is 1.43. The first-order valence-electron chi connectivity index (χ1n) is 9.56. The minimum absolute atomic E-state index is 0.106. The molecule has 3 amide bonds. The Kier molecular flexibility index (Phi) is 5.69. The van der Waals surface area contributed by atoms with Crippen LogP contribution in [0.3, 0.4) is 0 Å². The molecule has 1 aromatic rings. The first-order valence-corrected chi connectivity index (χ1v) is 9.56. The Morgan fingerprint density at radius 3 is 2.54 bits per heavy atom. The standard InChI is InChI=1S/C20H29N3O3/c1-3-26-19(25)23-12-8-16(9-13-23)22-18(24)21-14-20(10-11-20)17-7-5-4-6-15(17)2/h4-7,16H,3,8-14H2,1-2H3,(H2,21,22,24). The molecule has 1 aromatic carbocycles. The van der Waals surface area contributed by atoms with Crippen LogP contribution in [0.4, 0.5) is 9.59 Å². The van der Waals surface area contributed by atoms with E-state index in [1.54, 1.807) is 11.8 Å². The number of ether oxygens (including phenoxy) is 1. The Labute approximate surface area is 155 Å². The second-order valence-electron chi connectivity index (χ2n) is 7.38. The summed E-state index contributed by atoms with van der Waals surface area (Å²) in [5.74, 6) is 0. The molecule has 0 aromatic heterocycles. The Hall–Kier alpha value is -2.24. The number of likely N-dealkylation sites (tertiary alicyclic amines) is 1. The van der Waals surface area contributed by atoms with E-state index in [1.165, 1.54) is 11.1 Å². The molecule has 0 atom stereocenters. The van der Waals surface area contributed by atoms with Crippen LogP contribution in [0.1, 0.15) is 43.7 Å². The van der Waals surface area contributed by atoms with E-state index in [0.29, 0.717) is 26.2 Å². The molecule has 1 aliphatic heterocycles. The van der Waals surface area contributed by atoms with Crippen LogP contribution in [0.25, 0.3) is 0 Å². The summed E-state index contributed by atoms with van der Waals surface area (Å²) in [6.45, 7) is 6.24. The van der Waals surface area contributed by atoms with Crippen molar-refractivity contribution in [1.29, 1.82) is 0 Å². The van der Waals surface area contributed by atoms with E-state index in [4.69, 9.17) is 4.74 Å². The van der Waals surface area contributed by atoms with Gasteiger partial charge in [0.25, 0.3) is 0 Å². The van der Waals surface area contributed by atoms with Crippen molar-refractivity contribution in [3.05, 3.63) is 35.4 Å². The molecule has 6 heteroatoms. The maximum absolute atomic E-state index is 12.3. The van der Waals surface area contributed by atoms with Crippen molar-refractivity contribution in [1.82, 2.24) is 15.5 Å². The lowest BCUT2D eigenvalue weighted by molar-refractivity contribution is 0.0957. The van der Waals surface area contributed by atoms with E-state index < -0.39 is 0 Å². The average molecular weight is 359 g/mol. The second kappa shape index (κ2) is 7.98. The van der Waals surface area contributed by atoms with Gasteiger partial charge in [0.2, 0.25) is 0 Å². The number of hydrogen-bond acceptors (Lipinski definition) is 3. The highest BCUT2D eigenvalue weighted by atomic mass is 16.6. The summed E-state index contributed by atoms with van der Waals surface area (Å²) in [6.07, 6.45) is 3.50. The van der Waals surface area contributed by atoms with Crippen molar-refractivity contribution in [2.45, 2.75) is 51.0 Å². The Morgan fingerprint density at radius 2 is 1.92 bits per heavy atom. The molecule has 0 radical (unpaired) electrons. The highest BCUT2D eigenvalue weighted by molar-refractivity contribution is 5.74. The lowest BCUT2D eigenvalue weighted by Crippen LogP contribution is -2.50. The van der Waals surface area contributed by atoms with Gasteiger partial charge in [-0.2, -0.15) is 0 Å². The zero-order valence-corrected chi connectivity index (χ0v) is 15.7. The normalized spacial score (nSPS) is 18.9. The number of piperidine rings is 1. The molecule has 142 valence electrons. The number of benzene rings is 1. The molecule has 2 N–H and O–H groups in total. The van der Waals surface area contributed by atoms with E-state index in [-0.39, 0.29) is 23.6 Å². The van der Waals surface area contributed by atoms with Gasteiger partial charge in [-0.3, -0.25) is 0 Å². The van der Waals surface area contributed by atoms with E-state index in [2.05, 4.69) is 41.8 Å². The van der Waals surface area contributed by atoms with Gasteiger partial charge in [-0.25, -0.2) is 9.59 Å². The molecule has 0 unspecified atom stereocenters. The molecular weight excluding hydrogens is 330 g/mol. The van der Waals surface area contributed by atoms with Gasteiger partial charge in [0.1, 0.15) is 0 Å². The van der Waals surface area contributed by atoms with Gasteiger partial charge >= 0.3 is 12.1 Å². The van der Waals surface area contributed by atoms with Crippen molar-refractivity contribution in [2.24, 2.45) is 0 Å². The van der Waals surface area contributed by atoms with E-state index in [9.17, 15) is 9.59 Å². The summed E-state index contributed by atoms with van der Waals surface area (Å²) in [6, 6.07) is 8.42. The van der Waals surface area contributed by atoms with Gasteiger partial charge < -0.3 is 20.3 Å². The quantitative estimate of drug-likeness (QED) is 0.849. The molecule has 0 spiro atoms. The maximum atomic E-state index is 12.3. The van der Waals surface area contributed by atoms with Gasteiger partial charge in [-0.05, 0) is 50.7 Å². The molecule has 1 aliphatic carbocycles. The fraction of sp³-hybridized carbons (Fsp3) is 0.600. The number of amides is 3. The van der Waals surface area contributed by atoms with Gasteiger partial charge in [-0.15, -0.1) is 0 Å². The number of nitrogens with zero attached hydrogens (tertiary/aromatic N) is 1. The summed E-state index contributed by atoms with van der Waals surface area (Å²) in [7, 11) is 0. The molecule has 2 aliphatic rings. The molecule has 1 saturated heterocycles. The number of nitrogens with one attached hydrogen (secondary N) is 2. The molecule has 6 nitrogen and oxygen atoms in total. The minimum atomic E-state index is -0.260. The van der Waals surface area contributed by atoms with Gasteiger partial charge in [0, 0.05) is 31.1 Å². The van der Waals surface area contributed by atoms with Crippen LogP contribution < -0.4 is 10.6 Å². The van der Waals surface area contributed by atoms with Crippen LogP contribution in [-0.2, 0) is 10.2 Å². The monoisotopic (exact) mass is 359 g/mol. The maximum Gasteiger partial charge on any atom is 0.409 e. The third kappa shape index (κ3) is 4.29. The summed E-state index contributed by atoms with van der Waals surface area (Å²) >= 11 is 0. The lowest BCUT2D eigenvalue weighted by atomic mass is 9.92. The third-order valence-electron chi connectivity index (χ3n) is 5.51.